The molecule has 32 heavy (non-hydrogen) atoms. The average Bonchev–Trinajstić information content (AvgIpc) is 3.11. The van der Waals surface area contributed by atoms with Crippen molar-refractivity contribution in [3.63, 3.8) is 0 Å². The number of para-hydroxylation sites is 1. The van der Waals surface area contributed by atoms with Gasteiger partial charge in [0.05, 0.1) is 16.3 Å². The van der Waals surface area contributed by atoms with Crippen molar-refractivity contribution < 1.29 is 14.0 Å². The fourth-order valence-electron chi connectivity index (χ4n) is 3.74. The molecule has 1 heterocycles. The highest BCUT2D eigenvalue weighted by Crippen LogP contribution is 2.30. The van der Waals surface area contributed by atoms with Crippen molar-refractivity contribution in [2.75, 3.05) is 5.32 Å². The highest BCUT2D eigenvalue weighted by molar-refractivity contribution is 6.36. The topological polar surface area (TPSA) is 83.7 Å². The average molecular weight is 470 g/mol. The molecule has 3 aromatic rings. The Hall–Kier alpha value is -3.09. The summed E-state index contributed by atoms with van der Waals surface area (Å²) in [4.78, 5) is 25.4. The maximum atomic E-state index is 12.9. The number of hydrogen-bond donors (Lipinski definition) is 2. The standard InChI is InChI=1S/C24H21Cl2N3O3/c1-13-6-3-4-7-18(13)27-24(31)22-14(2)21-19(8-5-9-20(21)32-22)28-29-23(30)16-11-10-15(25)12-17(16)26/h3-4,6-7,10-12H,5,8-9H2,1-2H3,(H,27,31)(H,29,30)/b28-19+. The number of nitrogens with zero attached hydrogens (tertiary/aromatic N) is 1. The Morgan fingerprint density at radius 1 is 1.03 bits per heavy atom. The highest BCUT2D eigenvalue weighted by Gasteiger charge is 2.28. The monoisotopic (exact) mass is 469 g/mol. The molecule has 1 aromatic heterocycles. The summed E-state index contributed by atoms with van der Waals surface area (Å²) in [6.07, 6.45) is 2.15. The number of carbonyl (C=O) groups excluding carboxylic acids is 2. The lowest BCUT2D eigenvalue weighted by molar-refractivity contribution is 0.0953. The summed E-state index contributed by atoms with van der Waals surface area (Å²) in [6, 6.07) is 12.2. The minimum atomic E-state index is -0.440. The zero-order chi connectivity index (χ0) is 22.8. The summed E-state index contributed by atoms with van der Waals surface area (Å²) >= 11 is 12.0. The number of halogens is 2. The lowest BCUT2D eigenvalue weighted by Crippen LogP contribution is -2.22. The molecule has 0 fully saturated rings. The SMILES string of the molecule is Cc1ccccc1NC(=O)c1oc2c(c1C)/C(=N/NC(=O)c1ccc(Cl)cc1Cl)CCC2. The molecule has 6 nitrogen and oxygen atoms in total. The number of hydrazone groups is 1. The maximum absolute atomic E-state index is 12.9. The van der Waals surface area contributed by atoms with Gasteiger partial charge < -0.3 is 9.73 Å². The zero-order valence-electron chi connectivity index (χ0n) is 17.6. The maximum Gasteiger partial charge on any atom is 0.291 e. The van der Waals surface area contributed by atoms with Gasteiger partial charge in [0.1, 0.15) is 5.76 Å². The molecule has 0 radical (unpaired) electrons. The Labute approximate surface area is 195 Å². The van der Waals surface area contributed by atoms with Crippen LogP contribution in [0.1, 0.15) is 56.2 Å². The molecule has 0 aliphatic heterocycles. The van der Waals surface area contributed by atoms with Crippen molar-refractivity contribution in [3.05, 3.63) is 86.3 Å². The van der Waals surface area contributed by atoms with Crippen molar-refractivity contribution in [1.29, 1.82) is 0 Å². The number of benzene rings is 2. The highest BCUT2D eigenvalue weighted by atomic mass is 35.5. The fourth-order valence-corrected chi connectivity index (χ4v) is 4.24. The number of carbonyl (C=O) groups is 2. The van der Waals surface area contributed by atoms with Gasteiger partial charge in [0.25, 0.3) is 11.8 Å². The van der Waals surface area contributed by atoms with E-state index in [-0.39, 0.29) is 22.3 Å². The third kappa shape index (κ3) is 4.42. The molecule has 1 aliphatic carbocycles. The number of rotatable bonds is 4. The third-order valence-corrected chi connectivity index (χ3v) is 5.94. The van der Waals surface area contributed by atoms with E-state index in [2.05, 4.69) is 15.8 Å². The van der Waals surface area contributed by atoms with Crippen LogP contribution in [0.25, 0.3) is 0 Å². The van der Waals surface area contributed by atoms with Crippen molar-refractivity contribution in [1.82, 2.24) is 5.43 Å². The number of furan rings is 1. The van der Waals surface area contributed by atoms with Gasteiger partial charge in [-0.3, -0.25) is 9.59 Å². The van der Waals surface area contributed by atoms with E-state index in [9.17, 15) is 9.59 Å². The van der Waals surface area contributed by atoms with Crippen molar-refractivity contribution in [2.24, 2.45) is 5.10 Å². The summed E-state index contributed by atoms with van der Waals surface area (Å²) in [5.41, 5.74) is 6.66. The second kappa shape index (κ2) is 9.18. The smallest absolute Gasteiger partial charge is 0.291 e. The van der Waals surface area contributed by atoms with Gasteiger partial charge in [-0.1, -0.05) is 41.4 Å². The number of hydrogen-bond acceptors (Lipinski definition) is 4. The molecule has 2 N–H and O–H groups in total. The molecule has 2 aromatic carbocycles. The molecule has 0 bridgehead atoms. The number of aryl methyl sites for hydroxylation is 2. The summed E-state index contributed by atoms with van der Waals surface area (Å²) in [7, 11) is 0. The van der Waals surface area contributed by atoms with Crippen LogP contribution < -0.4 is 10.7 Å². The third-order valence-electron chi connectivity index (χ3n) is 5.39. The van der Waals surface area contributed by atoms with Crippen LogP contribution in [0.2, 0.25) is 10.0 Å². The van der Waals surface area contributed by atoms with Crippen molar-refractivity contribution in [2.45, 2.75) is 33.1 Å². The van der Waals surface area contributed by atoms with Gasteiger partial charge in [-0.25, -0.2) is 5.43 Å². The van der Waals surface area contributed by atoms with Gasteiger partial charge in [-0.2, -0.15) is 5.10 Å². The van der Waals surface area contributed by atoms with E-state index in [1.807, 2.05) is 38.1 Å². The summed E-state index contributed by atoms with van der Waals surface area (Å²) in [6.45, 7) is 3.75. The minimum Gasteiger partial charge on any atom is -0.455 e. The number of anilines is 1. The molecule has 0 saturated heterocycles. The van der Waals surface area contributed by atoms with Crippen LogP contribution in [-0.2, 0) is 6.42 Å². The van der Waals surface area contributed by atoms with Gasteiger partial charge in [0.2, 0.25) is 0 Å². The lowest BCUT2D eigenvalue weighted by Gasteiger charge is -2.13. The van der Waals surface area contributed by atoms with Crippen LogP contribution in [-0.4, -0.2) is 17.5 Å². The number of amides is 2. The Kier molecular flexibility index (Phi) is 6.35. The van der Waals surface area contributed by atoms with Crippen LogP contribution in [0.4, 0.5) is 5.69 Å². The first kappa shape index (κ1) is 22.1. The molecular weight excluding hydrogens is 449 g/mol. The Morgan fingerprint density at radius 3 is 2.56 bits per heavy atom. The van der Waals surface area contributed by atoms with Gasteiger partial charge in [-0.15, -0.1) is 0 Å². The van der Waals surface area contributed by atoms with Crippen LogP contribution in [0.3, 0.4) is 0 Å². The molecule has 0 unspecified atom stereocenters. The summed E-state index contributed by atoms with van der Waals surface area (Å²) in [5, 5.41) is 7.93. The van der Waals surface area contributed by atoms with Gasteiger partial charge in [0, 0.05) is 28.3 Å². The van der Waals surface area contributed by atoms with Crippen LogP contribution in [0.15, 0.2) is 52.0 Å². The summed E-state index contributed by atoms with van der Waals surface area (Å²) in [5.74, 6) is 0.189. The second-order valence-corrected chi connectivity index (χ2v) is 8.44. The molecule has 0 atom stereocenters. The largest absolute Gasteiger partial charge is 0.455 e. The zero-order valence-corrected chi connectivity index (χ0v) is 19.1. The van der Waals surface area contributed by atoms with Crippen molar-refractivity contribution >= 4 is 46.4 Å². The van der Waals surface area contributed by atoms with E-state index >= 15 is 0 Å². The Bertz CT molecular complexity index is 1250. The van der Waals surface area contributed by atoms with Gasteiger partial charge in [-0.05, 0) is 56.5 Å². The quantitative estimate of drug-likeness (QED) is 0.464. The van der Waals surface area contributed by atoms with Crippen LogP contribution >= 0.6 is 23.2 Å². The Morgan fingerprint density at radius 2 is 1.81 bits per heavy atom. The summed E-state index contributed by atoms with van der Waals surface area (Å²) < 4.78 is 5.92. The minimum absolute atomic E-state index is 0.245. The predicted octanol–water partition coefficient (Wildman–Crippen LogP) is 5.93. The molecule has 0 saturated carbocycles. The van der Waals surface area contributed by atoms with E-state index < -0.39 is 5.91 Å². The van der Waals surface area contributed by atoms with Gasteiger partial charge in [0.15, 0.2) is 5.76 Å². The first-order chi connectivity index (χ1) is 15.3. The molecule has 4 rings (SSSR count). The molecule has 1 aliphatic rings. The Balaban J connectivity index is 1.58. The second-order valence-electron chi connectivity index (χ2n) is 7.60. The van der Waals surface area contributed by atoms with E-state index in [1.54, 1.807) is 12.1 Å². The van der Waals surface area contributed by atoms with E-state index in [0.717, 1.165) is 23.2 Å². The van der Waals surface area contributed by atoms with Crippen LogP contribution in [0.5, 0.6) is 0 Å². The normalized spacial score (nSPS) is 14.2. The molecule has 0 spiro atoms. The van der Waals surface area contributed by atoms with Gasteiger partial charge >= 0.3 is 0 Å². The first-order valence-corrected chi connectivity index (χ1v) is 10.9. The van der Waals surface area contributed by atoms with E-state index in [4.69, 9.17) is 27.6 Å². The predicted molar refractivity (Wildman–Crippen MR) is 126 cm³/mol. The molecule has 164 valence electrons. The van der Waals surface area contributed by atoms with E-state index in [1.165, 1.54) is 6.07 Å². The molecular formula is C24H21Cl2N3O3. The lowest BCUT2D eigenvalue weighted by atomic mass is 9.93. The molecule has 8 heteroatoms. The number of nitrogens with one attached hydrogen (secondary N) is 2. The van der Waals surface area contributed by atoms with Crippen LogP contribution in [0, 0.1) is 13.8 Å². The van der Waals surface area contributed by atoms with E-state index in [0.29, 0.717) is 34.9 Å². The van der Waals surface area contributed by atoms with Crippen molar-refractivity contribution in [3.8, 4) is 0 Å². The molecule has 2 amide bonds. The number of fused-ring (bicyclic) bond motifs is 1. The fraction of sp³-hybridized carbons (Fsp3) is 0.208. The first-order valence-electron chi connectivity index (χ1n) is 10.2.